The van der Waals surface area contributed by atoms with Crippen molar-refractivity contribution in [1.82, 2.24) is 4.72 Å². The van der Waals surface area contributed by atoms with Crippen LogP contribution in [0.3, 0.4) is 0 Å². The average Bonchev–Trinajstić information content (AvgIpc) is 2.44. The fourth-order valence-corrected chi connectivity index (χ4v) is 3.86. The Bertz CT molecular complexity index is 730. The van der Waals surface area contributed by atoms with Gasteiger partial charge in [-0.1, -0.05) is 63.4 Å². The van der Waals surface area contributed by atoms with Gasteiger partial charge in [-0.05, 0) is 29.3 Å². The quantitative estimate of drug-likeness (QED) is 0.746. The largest absolute Gasteiger partial charge is 0.240 e. The Morgan fingerprint density at radius 3 is 2.24 bits per heavy atom. The zero-order valence-corrected chi connectivity index (χ0v) is 14.7. The van der Waals surface area contributed by atoms with Crippen LogP contribution in [0.5, 0.6) is 0 Å². The van der Waals surface area contributed by atoms with E-state index in [1.165, 1.54) is 18.2 Å². The van der Waals surface area contributed by atoms with Crippen molar-refractivity contribution in [1.29, 1.82) is 0 Å². The molecule has 2 aromatic rings. The van der Waals surface area contributed by atoms with Crippen molar-refractivity contribution < 1.29 is 8.42 Å². The zero-order chi connectivity index (χ0) is 15.5. The van der Waals surface area contributed by atoms with E-state index in [9.17, 15) is 8.42 Å². The van der Waals surface area contributed by atoms with E-state index in [2.05, 4.69) is 20.7 Å². The first-order chi connectivity index (χ1) is 9.90. The van der Waals surface area contributed by atoms with Crippen molar-refractivity contribution in [3.05, 3.63) is 63.6 Å². The normalized spacial score (nSPS) is 11.6. The summed E-state index contributed by atoms with van der Waals surface area (Å²) in [6.45, 7) is 0.202. The van der Waals surface area contributed by atoms with Crippen LogP contribution in [0.25, 0.3) is 0 Å². The molecule has 0 heterocycles. The highest BCUT2D eigenvalue weighted by molar-refractivity contribution is 9.08. The van der Waals surface area contributed by atoms with Crippen LogP contribution < -0.4 is 4.72 Å². The summed E-state index contributed by atoms with van der Waals surface area (Å²) in [7, 11) is -3.65. The Balaban J connectivity index is 2.17. The van der Waals surface area contributed by atoms with Gasteiger partial charge in [-0.15, -0.1) is 0 Å². The molecule has 0 aliphatic heterocycles. The van der Waals surface area contributed by atoms with E-state index in [-0.39, 0.29) is 21.5 Å². The van der Waals surface area contributed by atoms with Gasteiger partial charge in [0, 0.05) is 21.9 Å². The first kappa shape index (κ1) is 16.8. The maximum atomic E-state index is 12.2. The number of benzene rings is 2. The molecule has 2 rings (SSSR count). The number of hydrogen-bond acceptors (Lipinski definition) is 2. The molecule has 21 heavy (non-hydrogen) atoms. The first-order valence-electron chi connectivity index (χ1n) is 6.00. The summed E-state index contributed by atoms with van der Waals surface area (Å²) in [5.74, 6) is 0. The smallest absolute Gasteiger partial charge is 0.207 e. The monoisotopic (exact) mass is 407 g/mol. The molecule has 112 valence electrons. The van der Waals surface area contributed by atoms with Gasteiger partial charge in [0.05, 0.1) is 4.90 Å². The molecule has 0 saturated carbocycles. The van der Waals surface area contributed by atoms with E-state index in [1.54, 1.807) is 0 Å². The average molecular weight is 409 g/mol. The molecule has 0 saturated heterocycles. The minimum Gasteiger partial charge on any atom is -0.207 e. The number of halogens is 3. The lowest BCUT2D eigenvalue weighted by molar-refractivity contribution is 0.581. The second kappa shape index (κ2) is 7.11. The third-order valence-electron chi connectivity index (χ3n) is 2.76. The van der Waals surface area contributed by atoms with E-state index >= 15 is 0 Å². The summed E-state index contributed by atoms with van der Waals surface area (Å²) >= 11 is 15.0. The zero-order valence-electron chi connectivity index (χ0n) is 10.8. The lowest BCUT2D eigenvalue weighted by Gasteiger charge is -2.08. The van der Waals surface area contributed by atoms with Crippen LogP contribution in [-0.4, -0.2) is 8.42 Å². The summed E-state index contributed by atoms with van der Waals surface area (Å²) in [5, 5.41) is 1.28. The summed E-state index contributed by atoms with van der Waals surface area (Å²) < 4.78 is 27.0. The Labute approximate surface area is 142 Å². The maximum absolute atomic E-state index is 12.2. The van der Waals surface area contributed by atoms with Gasteiger partial charge in [-0.3, -0.25) is 0 Å². The Morgan fingerprint density at radius 1 is 1.00 bits per heavy atom. The second-order valence-corrected chi connectivity index (χ2v) is 7.58. The van der Waals surface area contributed by atoms with Crippen LogP contribution >= 0.6 is 39.1 Å². The fraction of sp³-hybridized carbons (Fsp3) is 0.143. The van der Waals surface area contributed by atoms with Crippen LogP contribution in [0.4, 0.5) is 0 Å². The molecular weight excluding hydrogens is 397 g/mol. The molecule has 3 nitrogen and oxygen atoms in total. The van der Waals surface area contributed by atoms with Crippen molar-refractivity contribution in [3.63, 3.8) is 0 Å². The van der Waals surface area contributed by atoms with Gasteiger partial charge in [0.2, 0.25) is 10.0 Å². The summed E-state index contributed by atoms with van der Waals surface area (Å²) in [6, 6.07) is 11.9. The van der Waals surface area contributed by atoms with Crippen LogP contribution in [0.15, 0.2) is 47.4 Å². The van der Waals surface area contributed by atoms with Gasteiger partial charge in [-0.25, -0.2) is 13.1 Å². The van der Waals surface area contributed by atoms with Crippen molar-refractivity contribution in [2.24, 2.45) is 0 Å². The topological polar surface area (TPSA) is 46.2 Å². The molecule has 0 aliphatic rings. The molecule has 0 bridgehead atoms. The molecule has 0 atom stereocenters. The van der Waals surface area contributed by atoms with E-state index < -0.39 is 10.0 Å². The number of rotatable bonds is 5. The molecule has 0 radical (unpaired) electrons. The second-order valence-electron chi connectivity index (χ2n) is 4.38. The van der Waals surface area contributed by atoms with Gasteiger partial charge in [0.15, 0.2) is 0 Å². The predicted octanol–water partition coefficient (Wildman–Crippen LogP) is 4.37. The number of alkyl halides is 1. The highest BCUT2D eigenvalue weighted by atomic mass is 79.9. The summed E-state index contributed by atoms with van der Waals surface area (Å²) in [5.41, 5.74) is 1.96. The van der Waals surface area contributed by atoms with Gasteiger partial charge in [0.25, 0.3) is 0 Å². The highest BCUT2D eigenvalue weighted by Gasteiger charge is 2.15. The Morgan fingerprint density at radius 2 is 1.62 bits per heavy atom. The van der Waals surface area contributed by atoms with Gasteiger partial charge in [-0.2, -0.15) is 0 Å². The fourth-order valence-electron chi connectivity index (χ4n) is 1.77. The minimum absolute atomic E-state index is 0.0525. The molecule has 0 amide bonds. The third kappa shape index (κ3) is 4.69. The van der Waals surface area contributed by atoms with Crippen molar-refractivity contribution in [2.75, 3.05) is 0 Å². The summed E-state index contributed by atoms with van der Waals surface area (Å²) in [6.07, 6.45) is 0. The number of sulfonamides is 1. The van der Waals surface area contributed by atoms with Gasteiger partial charge in [0.1, 0.15) is 0 Å². The maximum Gasteiger partial charge on any atom is 0.240 e. The van der Waals surface area contributed by atoms with E-state index in [4.69, 9.17) is 23.2 Å². The van der Waals surface area contributed by atoms with Gasteiger partial charge >= 0.3 is 0 Å². The molecular formula is C14H12BrCl2NO2S. The lowest BCUT2D eigenvalue weighted by atomic mass is 10.1. The van der Waals surface area contributed by atoms with Crippen molar-refractivity contribution in [2.45, 2.75) is 16.8 Å². The molecule has 0 aliphatic carbocycles. The molecule has 2 aromatic carbocycles. The standard InChI is InChI=1S/C14H12BrCl2NO2S/c15-8-10-2-1-3-11(4-10)9-18-21(19,20)14-6-12(16)5-13(17)7-14/h1-7,18H,8-9H2. The van der Waals surface area contributed by atoms with Crippen LogP contribution in [0.1, 0.15) is 11.1 Å². The van der Waals surface area contributed by atoms with Gasteiger partial charge < -0.3 is 0 Å². The number of hydrogen-bond donors (Lipinski definition) is 1. The molecule has 7 heteroatoms. The van der Waals surface area contributed by atoms with Crippen LogP contribution in [0.2, 0.25) is 10.0 Å². The first-order valence-corrected chi connectivity index (χ1v) is 9.36. The van der Waals surface area contributed by atoms with Crippen molar-refractivity contribution >= 4 is 49.2 Å². The number of nitrogens with one attached hydrogen (secondary N) is 1. The lowest BCUT2D eigenvalue weighted by Crippen LogP contribution is -2.23. The van der Waals surface area contributed by atoms with E-state index in [1.807, 2.05) is 24.3 Å². The van der Waals surface area contributed by atoms with Crippen molar-refractivity contribution in [3.8, 4) is 0 Å². The van der Waals surface area contributed by atoms with E-state index in [0.717, 1.165) is 16.5 Å². The SMILES string of the molecule is O=S(=O)(NCc1cccc(CBr)c1)c1cc(Cl)cc(Cl)c1. The molecule has 0 fully saturated rings. The Kier molecular flexibility index (Phi) is 5.68. The van der Waals surface area contributed by atoms with Crippen LogP contribution in [0, 0.1) is 0 Å². The minimum atomic E-state index is -3.65. The Hall–Kier alpha value is -0.590. The molecule has 0 spiro atoms. The van der Waals surface area contributed by atoms with E-state index in [0.29, 0.717) is 0 Å². The third-order valence-corrected chi connectivity index (χ3v) is 5.22. The highest BCUT2D eigenvalue weighted by Crippen LogP contribution is 2.22. The molecule has 1 N–H and O–H groups in total. The molecule has 0 aromatic heterocycles. The molecule has 0 unspecified atom stereocenters. The van der Waals surface area contributed by atoms with Crippen LogP contribution in [-0.2, 0) is 21.9 Å². The predicted molar refractivity (Wildman–Crippen MR) is 89.6 cm³/mol. The summed E-state index contributed by atoms with van der Waals surface area (Å²) in [4.78, 5) is 0.0525.